The lowest BCUT2D eigenvalue weighted by Crippen LogP contribution is -2.36. The minimum absolute atomic E-state index is 0.182. The molecule has 1 saturated heterocycles. The van der Waals surface area contributed by atoms with Gasteiger partial charge in [-0.25, -0.2) is 13.2 Å². The van der Waals surface area contributed by atoms with Gasteiger partial charge >= 0.3 is 6.09 Å². The lowest BCUT2D eigenvalue weighted by atomic mass is 9.79. The SMILES string of the molecule is CN(C)C(=O)Oc1cccc2c1CC[C@H]1[C@@H]2CCN1CCCCCNC(=O)c1ccc(S(C)(=O)=O)cc1. The summed E-state index contributed by atoms with van der Waals surface area (Å²) in [5, 5.41) is 2.93. The third-order valence-corrected chi connectivity index (χ3v) is 8.56. The highest BCUT2D eigenvalue weighted by Gasteiger charge is 2.39. The van der Waals surface area contributed by atoms with Crippen molar-refractivity contribution in [3.8, 4) is 5.75 Å². The predicted octanol–water partition coefficient (Wildman–Crippen LogP) is 3.85. The highest BCUT2D eigenvalue weighted by molar-refractivity contribution is 7.90. The molecule has 2 aromatic rings. The van der Waals surface area contributed by atoms with Gasteiger partial charge in [0.25, 0.3) is 5.91 Å². The first-order valence-corrected chi connectivity index (χ1v) is 14.9. The molecule has 0 unspecified atom stereocenters. The fourth-order valence-electron chi connectivity index (χ4n) is 5.49. The fraction of sp³-hybridized carbons (Fsp3) is 0.500. The summed E-state index contributed by atoms with van der Waals surface area (Å²) in [4.78, 5) is 28.7. The van der Waals surface area contributed by atoms with E-state index in [0.29, 0.717) is 29.8 Å². The standard InChI is InChI=1S/C28H37N3O5S/c1-30(2)28(33)36-26-9-7-8-22-23-16-19-31(25(23)15-14-24(22)26)18-6-4-5-17-29-27(32)20-10-12-21(13-11-20)37(3,34)35/h7-13,23,25H,4-6,14-19H2,1-3H3,(H,29,32)/t23-,25+/m1/s1. The molecule has 0 bridgehead atoms. The predicted molar refractivity (Wildman–Crippen MR) is 143 cm³/mol. The van der Waals surface area contributed by atoms with Crippen LogP contribution in [0.3, 0.4) is 0 Å². The highest BCUT2D eigenvalue weighted by Crippen LogP contribution is 2.44. The number of nitrogens with zero attached hydrogens (tertiary/aromatic N) is 2. The van der Waals surface area contributed by atoms with Crippen LogP contribution in [0.4, 0.5) is 4.79 Å². The zero-order valence-corrected chi connectivity index (χ0v) is 22.7. The first-order chi connectivity index (χ1) is 17.6. The number of benzene rings is 2. The Morgan fingerprint density at radius 1 is 1.05 bits per heavy atom. The number of hydrogen-bond acceptors (Lipinski definition) is 6. The van der Waals surface area contributed by atoms with E-state index in [1.165, 1.54) is 28.2 Å². The molecule has 0 aromatic heterocycles. The van der Waals surface area contributed by atoms with E-state index < -0.39 is 9.84 Å². The van der Waals surface area contributed by atoms with Gasteiger partial charge in [-0.2, -0.15) is 0 Å². The van der Waals surface area contributed by atoms with Crippen LogP contribution in [0, 0.1) is 0 Å². The van der Waals surface area contributed by atoms with Gasteiger partial charge in [-0.15, -0.1) is 0 Å². The summed E-state index contributed by atoms with van der Waals surface area (Å²) in [6, 6.07) is 12.7. The molecule has 1 aliphatic heterocycles. The largest absolute Gasteiger partial charge is 0.414 e. The molecule has 8 nitrogen and oxygen atoms in total. The number of carbonyl (C=O) groups is 2. The third-order valence-electron chi connectivity index (χ3n) is 7.43. The summed E-state index contributed by atoms with van der Waals surface area (Å²) < 4.78 is 28.8. The van der Waals surface area contributed by atoms with Gasteiger partial charge in [0.2, 0.25) is 0 Å². The maximum atomic E-state index is 12.3. The summed E-state index contributed by atoms with van der Waals surface area (Å²) in [5.74, 6) is 0.996. The molecule has 2 amide bonds. The van der Waals surface area contributed by atoms with Crippen molar-refractivity contribution in [2.24, 2.45) is 0 Å². The van der Waals surface area contributed by atoms with E-state index in [4.69, 9.17) is 4.74 Å². The molecule has 200 valence electrons. The van der Waals surface area contributed by atoms with E-state index in [2.05, 4.69) is 16.3 Å². The summed E-state index contributed by atoms with van der Waals surface area (Å²) in [6.07, 6.45) is 6.93. The molecular weight excluding hydrogens is 490 g/mol. The first-order valence-electron chi connectivity index (χ1n) is 13.0. The number of unbranched alkanes of at least 4 members (excludes halogenated alkanes) is 2. The summed E-state index contributed by atoms with van der Waals surface area (Å²) in [7, 11) is 0.118. The number of nitrogens with one attached hydrogen (secondary N) is 1. The zero-order valence-electron chi connectivity index (χ0n) is 21.9. The van der Waals surface area contributed by atoms with Gasteiger partial charge in [0.05, 0.1) is 4.90 Å². The Morgan fingerprint density at radius 3 is 2.51 bits per heavy atom. The van der Waals surface area contributed by atoms with Gasteiger partial charge in [-0.1, -0.05) is 18.6 Å². The van der Waals surface area contributed by atoms with E-state index in [1.807, 2.05) is 12.1 Å². The molecule has 2 atom stereocenters. The van der Waals surface area contributed by atoms with Crippen molar-refractivity contribution in [2.75, 3.05) is 40.0 Å². The Hall–Kier alpha value is -2.91. The zero-order chi connectivity index (χ0) is 26.6. The molecule has 1 N–H and O–H groups in total. The number of likely N-dealkylation sites (tertiary alicyclic amines) is 1. The average molecular weight is 528 g/mol. The van der Waals surface area contributed by atoms with Crippen molar-refractivity contribution >= 4 is 21.8 Å². The van der Waals surface area contributed by atoms with Crippen LogP contribution < -0.4 is 10.1 Å². The lowest BCUT2D eigenvalue weighted by molar-refractivity contribution is 0.0952. The maximum absolute atomic E-state index is 12.3. The summed E-state index contributed by atoms with van der Waals surface area (Å²) in [5.41, 5.74) is 2.98. The monoisotopic (exact) mass is 527 g/mol. The van der Waals surface area contributed by atoms with Crippen LogP contribution in [-0.4, -0.2) is 76.2 Å². The van der Waals surface area contributed by atoms with E-state index in [0.717, 1.165) is 57.9 Å². The molecule has 0 saturated carbocycles. The van der Waals surface area contributed by atoms with Gasteiger partial charge in [-0.05, 0) is 86.7 Å². The third kappa shape index (κ3) is 6.51. The average Bonchev–Trinajstić information content (AvgIpc) is 3.29. The summed E-state index contributed by atoms with van der Waals surface area (Å²) in [6.45, 7) is 2.73. The second-order valence-corrected chi connectivity index (χ2v) is 12.3. The van der Waals surface area contributed by atoms with Crippen molar-refractivity contribution in [3.63, 3.8) is 0 Å². The van der Waals surface area contributed by atoms with Crippen molar-refractivity contribution < 1.29 is 22.7 Å². The number of rotatable bonds is 9. The molecule has 0 radical (unpaired) electrons. The van der Waals surface area contributed by atoms with E-state index >= 15 is 0 Å². The first kappa shape index (κ1) is 27.1. The topological polar surface area (TPSA) is 96.0 Å². The maximum Gasteiger partial charge on any atom is 0.414 e. The smallest absolute Gasteiger partial charge is 0.410 e. The van der Waals surface area contributed by atoms with Crippen LogP contribution in [0.2, 0.25) is 0 Å². The Morgan fingerprint density at radius 2 is 1.81 bits per heavy atom. The van der Waals surface area contributed by atoms with Crippen molar-refractivity contribution in [2.45, 2.75) is 55.4 Å². The van der Waals surface area contributed by atoms with Gasteiger partial charge in [0, 0.05) is 44.4 Å². The molecule has 1 aliphatic carbocycles. The number of fused-ring (bicyclic) bond motifs is 3. The van der Waals surface area contributed by atoms with E-state index in [-0.39, 0.29) is 16.9 Å². The fourth-order valence-corrected chi connectivity index (χ4v) is 6.12. The molecule has 1 fully saturated rings. The molecule has 1 heterocycles. The van der Waals surface area contributed by atoms with Gasteiger partial charge in [-0.3, -0.25) is 9.69 Å². The van der Waals surface area contributed by atoms with Crippen LogP contribution in [0.25, 0.3) is 0 Å². The molecular formula is C28H37N3O5S. The normalized spacial score (nSPS) is 19.1. The second kappa shape index (κ2) is 11.6. The molecule has 0 spiro atoms. The number of carbonyl (C=O) groups excluding carboxylic acids is 2. The van der Waals surface area contributed by atoms with Crippen molar-refractivity contribution in [3.05, 3.63) is 59.2 Å². The Balaban J connectivity index is 1.21. The van der Waals surface area contributed by atoms with Crippen molar-refractivity contribution in [1.29, 1.82) is 0 Å². The molecule has 2 aliphatic rings. The van der Waals surface area contributed by atoms with Crippen LogP contribution in [0.1, 0.15) is 59.5 Å². The van der Waals surface area contributed by atoms with Crippen LogP contribution in [0.15, 0.2) is 47.4 Å². The van der Waals surface area contributed by atoms with Gasteiger partial charge in [0.1, 0.15) is 5.75 Å². The van der Waals surface area contributed by atoms with E-state index in [9.17, 15) is 18.0 Å². The molecule has 9 heteroatoms. The Bertz CT molecular complexity index is 1230. The number of ether oxygens (including phenoxy) is 1. The number of amides is 2. The number of hydrogen-bond donors (Lipinski definition) is 1. The van der Waals surface area contributed by atoms with Crippen molar-refractivity contribution in [1.82, 2.24) is 15.1 Å². The molecule has 2 aromatic carbocycles. The van der Waals surface area contributed by atoms with Gasteiger partial charge in [0.15, 0.2) is 9.84 Å². The molecule has 37 heavy (non-hydrogen) atoms. The highest BCUT2D eigenvalue weighted by atomic mass is 32.2. The second-order valence-electron chi connectivity index (χ2n) is 10.2. The van der Waals surface area contributed by atoms with Gasteiger partial charge < -0.3 is 15.0 Å². The van der Waals surface area contributed by atoms with Crippen LogP contribution in [-0.2, 0) is 16.3 Å². The number of sulfone groups is 1. The Kier molecular flexibility index (Phi) is 8.54. The van der Waals surface area contributed by atoms with E-state index in [1.54, 1.807) is 26.2 Å². The Labute approximate surface area is 219 Å². The molecule has 4 rings (SSSR count). The minimum Gasteiger partial charge on any atom is -0.410 e. The quantitative estimate of drug-likeness (QED) is 0.498. The lowest BCUT2D eigenvalue weighted by Gasteiger charge is -2.34. The summed E-state index contributed by atoms with van der Waals surface area (Å²) >= 11 is 0. The minimum atomic E-state index is -3.27. The van der Waals surface area contributed by atoms with Crippen LogP contribution >= 0.6 is 0 Å². The van der Waals surface area contributed by atoms with Crippen LogP contribution in [0.5, 0.6) is 5.75 Å².